The van der Waals surface area contributed by atoms with Gasteiger partial charge in [-0.15, -0.1) is 0 Å². The molecule has 0 aliphatic carbocycles. The number of ether oxygens (including phenoxy) is 2. The van der Waals surface area contributed by atoms with Crippen LogP contribution < -0.4 is 15.7 Å². The van der Waals surface area contributed by atoms with Gasteiger partial charge in [-0.25, -0.2) is 9.59 Å². The monoisotopic (exact) mass is 309 g/mol. The van der Waals surface area contributed by atoms with Crippen molar-refractivity contribution in [3.8, 4) is 5.95 Å². The van der Waals surface area contributed by atoms with E-state index in [1.165, 1.54) is 19.3 Å². The second kappa shape index (κ2) is 6.32. The molecule has 0 aliphatic rings. The van der Waals surface area contributed by atoms with E-state index in [4.69, 9.17) is 25.5 Å². The molecule has 1 aromatic carbocycles. The number of carbonyl (C=O) groups is 1. The van der Waals surface area contributed by atoms with Gasteiger partial charge in [-0.3, -0.25) is 5.32 Å². The lowest BCUT2D eigenvalue weighted by Gasteiger charge is -2.08. The smallest absolute Gasteiger partial charge is 0.411 e. The van der Waals surface area contributed by atoms with E-state index in [-0.39, 0.29) is 23.0 Å². The first-order chi connectivity index (χ1) is 10.1. The molecule has 0 unspecified atom stereocenters. The Labute approximate surface area is 124 Å². The van der Waals surface area contributed by atoms with Crippen LogP contribution in [0.1, 0.15) is 0 Å². The highest BCUT2D eigenvalue weighted by Crippen LogP contribution is 2.31. The van der Waals surface area contributed by atoms with Crippen molar-refractivity contribution in [3.63, 3.8) is 0 Å². The predicted octanol–water partition coefficient (Wildman–Crippen LogP) is 3.19. The number of carbonyl (C=O) groups excluding carboxylic acids is 1. The quantitative estimate of drug-likeness (QED) is 0.878. The van der Waals surface area contributed by atoms with E-state index < -0.39 is 11.7 Å². The minimum absolute atomic E-state index is 0.0553. The summed E-state index contributed by atoms with van der Waals surface area (Å²) in [6, 6.07) is 4.62. The fourth-order valence-corrected chi connectivity index (χ4v) is 1.98. The highest BCUT2D eigenvalue weighted by Gasteiger charge is 2.13. The van der Waals surface area contributed by atoms with Crippen molar-refractivity contribution in [1.29, 1.82) is 0 Å². The van der Waals surface area contributed by atoms with Gasteiger partial charge in [-0.05, 0) is 12.1 Å². The number of methoxy groups -OCH3 is 1. The van der Waals surface area contributed by atoms with Crippen molar-refractivity contribution in [2.24, 2.45) is 0 Å². The molecule has 2 aromatic rings. The number of anilines is 1. The van der Waals surface area contributed by atoms with Crippen molar-refractivity contribution in [2.75, 3.05) is 19.0 Å². The number of benzene rings is 1. The maximum absolute atomic E-state index is 11.9. The number of fused-ring (bicyclic) bond motifs is 1. The van der Waals surface area contributed by atoms with Crippen molar-refractivity contribution in [1.82, 2.24) is 0 Å². The van der Waals surface area contributed by atoms with Gasteiger partial charge in [0.25, 0.3) is 0 Å². The Kier molecular flexibility index (Phi) is 4.49. The fourth-order valence-electron chi connectivity index (χ4n) is 1.70. The Morgan fingerprint density at radius 1 is 1.48 bits per heavy atom. The van der Waals surface area contributed by atoms with E-state index in [1.54, 1.807) is 12.1 Å². The Hall–Kier alpha value is -2.47. The van der Waals surface area contributed by atoms with Crippen LogP contribution in [-0.4, -0.2) is 19.8 Å². The molecule has 21 heavy (non-hydrogen) atoms. The molecule has 110 valence electrons. The summed E-state index contributed by atoms with van der Waals surface area (Å²) >= 11 is 6.06. The van der Waals surface area contributed by atoms with Gasteiger partial charge < -0.3 is 13.9 Å². The summed E-state index contributed by atoms with van der Waals surface area (Å²) in [5.74, 6) is -0.0553. The third-order valence-electron chi connectivity index (χ3n) is 2.60. The largest absolute Gasteiger partial charge is 0.467 e. The van der Waals surface area contributed by atoms with Gasteiger partial charge in [0.2, 0.25) is 0 Å². The average molecular weight is 310 g/mol. The molecular weight excluding hydrogens is 298 g/mol. The SMILES string of the molecule is C=CCOC(=O)Nc1ccc2c(Cl)c(OC)oc(=O)c2c1. The second-order valence-corrected chi connectivity index (χ2v) is 4.35. The molecule has 1 aromatic heterocycles. The van der Waals surface area contributed by atoms with Gasteiger partial charge in [0, 0.05) is 11.1 Å². The summed E-state index contributed by atoms with van der Waals surface area (Å²) in [5, 5.41) is 3.36. The topological polar surface area (TPSA) is 77.8 Å². The molecule has 0 saturated carbocycles. The summed E-state index contributed by atoms with van der Waals surface area (Å²) < 4.78 is 14.6. The highest BCUT2D eigenvalue weighted by atomic mass is 35.5. The summed E-state index contributed by atoms with van der Waals surface area (Å²) in [7, 11) is 1.35. The molecule has 1 heterocycles. The van der Waals surface area contributed by atoms with Crippen LogP contribution >= 0.6 is 11.6 Å². The standard InChI is InChI=1S/C14H12ClNO5/c1-3-6-20-14(18)16-8-4-5-9-10(7-8)12(17)21-13(19-2)11(9)15/h3-5,7H,1,6H2,2H3,(H,16,18). The lowest BCUT2D eigenvalue weighted by atomic mass is 10.1. The normalized spacial score (nSPS) is 10.2. The van der Waals surface area contributed by atoms with Gasteiger partial charge in [0.15, 0.2) is 0 Å². The molecular formula is C14H12ClNO5. The van der Waals surface area contributed by atoms with E-state index in [1.807, 2.05) is 0 Å². The fraction of sp³-hybridized carbons (Fsp3) is 0.143. The number of rotatable bonds is 4. The molecule has 2 rings (SSSR count). The van der Waals surface area contributed by atoms with Crippen molar-refractivity contribution in [2.45, 2.75) is 0 Å². The van der Waals surface area contributed by atoms with Crippen LogP contribution in [0.2, 0.25) is 5.02 Å². The van der Waals surface area contributed by atoms with Crippen LogP contribution in [0.4, 0.5) is 10.5 Å². The zero-order valence-electron chi connectivity index (χ0n) is 11.1. The van der Waals surface area contributed by atoms with E-state index in [0.717, 1.165) is 0 Å². The van der Waals surface area contributed by atoms with Gasteiger partial charge in [-0.2, -0.15) is 0 Å². The first-order valence-corrected chi connectivity index (χ1v) is 6.29. The number of hydrogen-bond donors (Lipinski definition) is 1. The highest BCUT2D eigenvalue weighted by molar-refractivity contribution is 6.36. The van der Waals surface area contributed by atoms with E-state index >= 15 is 0 Å². The molecule has 0 bridgehead atoms. The number of amides is 1. The van der Waals surface area contributed by atoms with Crippen LogP contribution in [-0.2, 0) is 4.74 Å². The molecule has 1 amide bonds. The molecule has 0 spiro atoms. The average Bonchev–Trinajstić information content (AvgIpc) is 2.48. The predicted molar refractivity (Wildman–Crippen MR) is 79.2 cm³/mol. The molecule has 0 radical (unpaired) electrons. The summed E-state index contributed by atoms with van der Waals surface area (Å²) in [4.78, 5) is 23.3. The van der Waals surface area contributed by atoms with Gasteiger partial charge in [0.1, 0.15) is 11.6 Å². The van der Waals surface area contributed by atoms with Crippen LogP contribution in [0, 0.1) is 0 Å². The van der Waals surface area contributed by atoms with Crippen molar-refractivity contribution in [3.05, 3.63) is 46.3 Å². The zero-order valence-corrected chi connectivity index (χ0v) is 11.9. The molecule has 1 N–H and O–H groups in total. The summed E-state index contributed by atoms with van der Waals surface area (Å²) in [5.41, 5.74) is -0.237. The Balaban J connectivity index is 2.38. The third-order valence-corrected chi connectivity index (χ3v) is 2.96. The third kappa shape index (κ3) is 3.17. The maximum atomic E-state index is 11.9. The van der Waals surface area contributed by atoms with Crippen LogP contribution in [0.5, 0.6) is 5.95 Å². The number of nitrogens with one attached hydrogen (secondary N) is 1. The Morgan fingerprint density at radius 2 is 2.24 bits per heavy atom. The van der Waals surface area contributed by atoms with Gasteiger partial charge in [-0.1, -0.05) is 30.3 Å². The van der Waals surface area contributed by atoms with Crippen molar-refractivity contribution >= 4 is 34.2 Å². The Morgan fingerprint density at radius 3 is 2.90 bits per heavy atom. The Bertz CT molecular complexity index is 753. The van der Waals surface area contributed by atoms with E-state index in [9.17, 15) is 9.59 Å². The van der Waals surface area contributed by atoms with E-state index in [2.05, 4.69) is 11.9 Å². The number of hydrogen-bond acceptors (Lipinski definition) is 5. The first kappa shape index (κ1) is 14.9. The maximum Gasteiger partial charge on any atom is 0.411 e. The second-order valence-electron chi connectivity index (χ2n) is 3.97. The first-order valence-electron chi connectivity index (χ1n) is 5.92. The molecule has 6 nitrogen and oxygen atoms in total. The molecule has 0 aliphatic heterocycles. The van der Waals surface area contributed by atoms with Crippen LogP contribution in [0.25, 0.3) is 10.8 Å². The van der Waals surface area contributed by atoms with Crippen molar-refractivity contribution < 1.29 is 18.7 Å². The minimum atomic E-state index is -0.654. The lowest BCUT2D eigenvalue weighted by Crippen LogP contribution is -2.14. The van der Waals surface area contributed by atoms with Gasteiger partial charge in [0.05, 0.1) is 12.5 Å². The molecule has 0 fully saturated rings. The zero-order chi connectivity index (χ0) is 15.4. The summed E-state index contributed by atoms with van der Waals surface area (Å²) in [6.07, 6.45) is 0.791. The lowest BCUT2D eigenvalue weighted by molar-refractivity contribution is 0.174. The number of halogens is 1. The molecule has 0 saturated heterocycles. The van der Waals surface area contributed by atoms with E-state index in [0.29, 0.717) is 11.1 Å². The van der Waals surface area contributed by atoms with Crippen LogP contribution in [0.3, 0.4) is 0 Å². The van der Waals surface area contributed by atoms with Gasteiger partial charge >= 0.3 is 17.7 Å². The van der Waals surface area contributed by atoms with Crippen LogP contribution in [0.15, 0.2) is 40.1 Å². The molecule has 7 heteroatoms. The minimum Gasteiger partial charge on any atom is -0.467 e. The molecule has 0 atom stereocenters. The summed E-state index contributed by atoms with van der Waals surface area (Å²) in [6.45, 7) is 3.52.